The largest absolute Gasteiger partial charge is 0.447 e. The fourth-order valence-electron chi connectivity index (χ4n) is 4.56. The summed E-state index contributed by atoms with van der Waals surface area (Å²) in [4.78, 5) is 15.4. The lowest BCUT2D eigenvalue weighted by molar-refractivity contribution is 0.131. The number of amides is 1. The third kappa shape index (κ3) is 4.55. The highest BCUT2D eigenvalue weighted by atomic mass is 32.2. The normalized spacial score (nSPS) is 22.3. The maximum Gasteiger partial charge on any atom is 0.410 e. The van der Waals surface area contributed by atoms with E-state index in [1.807, 2.05) is 54.3 Å². The lowest BCUT2D eigenvalue weighted by Gasteiger charge is -2.36. The number of aryl methyl sites for hydroxylation is 1. The number of rotatable bonds is 6. The quantitative estimate of drug-likeness (QED) is 0.681. The van der Waals surface area contributed by atoms with Crippen LogP contribution < -0.4 is 0 Å². The molecular formula is C24H29NO3S. The molecule has 2 aromatic carbocycles. The van der Waals surface area contributed by atoms with Crippen LogP contribution in [-0.4, -0.2) is 39.1 Å². The number of benzene rings is 2. The van der Waals surface area contributed by atoms with Gasteiger partial charge in [0.05, 0.1) is 22.1 Å². The Bertz CT molecular complexity index is 846. The molecule has 4 nitrogen and oxygen atoms in total. The smallest absolute Gasteiger partial charge is 0.410 e. The van der Waals surface area contributed by atoms with Crippen molar-refractivity contribution in [2.24, 2.45) is 0 Å². The van der Waals surface area contributed by atoms with Gasteiger partial charge in [0, 0.05) is 10.9 Å². The van der Waals surface area contributed by atoms with E-state index >= 15 is 0 Å². The van der Waals surface area contributed by atoms with Gasteiger partial charge in [-0.2, -0.15) is 0 Å². The highest BCUT2D eigenvalue weighted by Gasteiger charge is 2.44. The van der Waals surface area contributed by atoms with Gasteiger partial charge in [0.25, 0.3) is 0 Å². The SMILES string of the molecule is Cc1ccc(S(=O)C(Cc2ccccc2)[C@H]2COC(=O)N2C2CCCCC2)cc1. The van der Waals surface area contributed by atoms with Crippen LogP contribution in [0.4, 0.5) is 4.79 Å². The van der Waals surface area contributed by atoms with Gasteiger partial charge in [-0.25, -0.2) is 4.79 Å². The van der Waals surface area contributed by atoms with E-state index in [0.29, 0.717) is 13.0 Å². The van der Waals surface area contributed by atoms with Crippen molar-refractivity contribution >= 4 is 16.9 Å². The molecule has 0 N–H and O–H groups in total. The molecule has 2 aliphatic rings. The minimum absolute atomic E-state index is 0.159. The van der Waals surface area contributed by atoms with Crippen molar-refractivity contribution in [1.29, 1.82) is 0 Å². The minimum Gasteiger partial charge on any atom is -0.447 e. The Morgan fingerprint density at radius 3 is 2.41 bits per heavy atom. The lowest BCUT2D eigenvalue weighted by atomic mass is 9.92. The summed E-state index contributed by atoms with van der Waals surface area (Å²) < 4.78 is 19.2. The molecule has 0 radical (unpaired) electrons. The zero-order valence-electron chi connectivity index (χ0n) is 17.0. The Morgan fingerprint density at radius 2 is 1.72 bits per heavy atom. The molecule has 0 aromatic heterocycles. The first kappa shape index (κ1) is 20.1. The second-order valence-electron chi connectivity index (χ2n) is 8.18. The van der Waals surface area contributed by atoms with Gasteiger partial charge < -0.3 is 4.74 Å². The van der Waals surface area contributed by atoms with Crippen molar-refractivity contribution in [3.05, 3.63) is 65.7 Å². The second kappa shape index (κ2) is 9.12. The van der Waals surface area contributed by atoms with Crippen molar-refractivity contribution < 1.29 is 13.7 Å². The number of hydrogen-bond acceptors (Lipinski definition) is 3. The van der Waals surface area contributed by atoms with Gasteiger partial charge >= 0.3 is 6.09 Å². The monoisotopic (exact) mass is 411 g/mol. The Morgan fingerprint density at radius 1 is 1.03 bits per heavy atom. The summed E-state index contributed by atoms with van der Waals surface area (Å²) in [6, 6.07) is 18.1. The summed E-state index contributed by atoms with van der Waals surface area (Å²) >= 11 is 0. The highest BCUT2D eigenvalue weighted by Crippen LogP contribution is 2.32. The third-order valence-corrected chi connectivity index (χ3v) is 7.92. The lowest BCUT2D eigenvalue weighted by Crippen LogP contribution is -2.50. The molecule has 1 heterocycles. The summed E-state index contributed by atoms with van der Waals surface area (Å²) in [5.41, 5.74) is 2.29. The topological polar surface area (TPSA) is 46.6 Å². The molecule has 4 rings (SSSR count). The van der Waals surface area contributed by atoms with E-state index in [9.17, 15) is 9.00 Å². The molecule has 1 saturated carbocycles. The number of nitrogens with zero attached hydrogens (tertiary/aromatic N) is 1. The molecule has 154 valence electrons. The molecule has 1 saturated heterocycles. The molecule has 29 heavy (non-hydrogen) atoms. The van der Waals surface area contributed by atoms with Crippen LogP contribution in [-0.2, 0) is 22.0 Å². The average Bonchev–Trinajstić information content (AvgIpc) is 3.14. The van der Waals surface area contributed by atoms with Crippen molar-refractivity contribution in [2.45, 2.75) is 67.7 Å². The summed E-state index contributed by atoms with van der Waals surface area (Å²) in [6.07, 6.45) is 5.97. The van der Waals surface area contributed by atoms with Crippen LogP contribution in [0.25, 0.3) is 0 Å². The molecule has 0 spiro atoms. The minimum atomic E-state index is -1.23. The fourth-order valence-corrected chi connectivity index (χ4v) is 6.15. The Kier molecular flexibility index (Phi) is 6.34. The van der Waals surface area contributed by atoms with Crippen molar-refractivity contribution in [1.82, 2.24) is 4.90 Å². The summed E-state index contributed by atoms with van der Waals surface area (Å²) in [7, 11) is -1.23. The molecule has 3 atom stereocenters. The molecule has 1 amide bonds. The van der Waals surface area contributed by atoms with Gasteiger partial charge in [-0.3, -0.25) is 9.11 Å². The zero-order valence-corrected chi connectivity index (χ0v) is 17.8. The van der Waals surface area contributed by atoms with E-state index in [-0.39, 0.29) is 23.4 Å². The summed E-state index contributed by atoms with van der Waals surface area (Å²) in [5, 5.41) is -0.200. The Hall–Kier alpha value is -2.14. The molecule has 1 aliphatic heterocycles. The van der Waals surface area contributed by atoms with E-state index in [2.05, 4.69) is 12.1 Å². The zero-order chi connectivity index (χ0) is 20.2. The molecule has 2 fully saturated rings. The molecule has 2 aromatic rings. The molecule has 0 bridgehead atoms. The number of hydrogen-bond donors (Lipinski definition) is 0. The van der Waals surface area contributed by atoms with Crippen LogP contribution in [0.2, 0.25) is 0 Å². The molecule has 1 aliphatic carbocycles. The van der Waals surface area contributed by atoms with E-state index in [1.54, 1.807) is 0 Å². The van der Waals surface area contributed by atoms with E-state index in [4.69, 9.17) is 4.74 Å². The van der Waals surface area contributed by atoms with Gasteiger partial charge in [0.1, 0.15) is 6.61 Å². The fraction of sp³-hybridized carbons (Fsp3) is 0.458. The van der Waals surface area contributed by atoms with Crippen LogP contribution in [0.15, 0.2) is 59.5 Å². The van der Waals surface area contributed by atoms with Crippen molar-refractivity contribution in [2.75, 3.05) is 6.61 Å². The van der Waals surface area contributed by atoms with Gasteiger partial charge in [0.15, 0.2) is 0 Å². The van der Waals surface area contributed by atoms with Gasteiger partial charge in [0.2, 0.25) is 0 Å². The first-order valence-electron chi connectivity index (χ1n) is 10.6. The molecular weight excluding hydrogens is 382 g/mol. The van der Waals surface area contributed by atoms with E-state index < -0.39 is 10.8 Å². The second-order valence-corrected chi connectivity index (χ2v) is 9.85. The number of ether oxygens (including phenoxy) is 1. The first-order valence-corrected chi connectivity index (χ1v) is 11.8. The van der Waals surface area contributed by atoms with Crippen molar-refractivity contribution in [3.8, 4) is 0 Å². The van der Waals surface area contributed by atoms with Gasteiger partial charge in [-0.05, 0) is 43.9 Å². The standard InChI is InChI=1S/C24H29NO3S/c1-18-12-14-21(15-13-18)29(27)23(16-19-8-4-2-5-9-19)22-17-28-24(26)25(22)20-10-6-3-7-11-20/h2,4-5,8-9,12-15,20,22-23H,3,6-7,10-11,16-17H2,1H3/t22-,23?,29?/m1/s1. The van der Waals surface area contributed by atoms with Crippen LogP contribution in [0.5, 0.6) is 0 Å². The maximum absolute atomic E-state index is 13.7. The van der Waals surface area contributed by atoms with Gasteiger partial charge in [-0.1, -0.05) is 67.3 Å². The number of carbonyl (C=O) groups is 1. The Balaban J connectivity index is 1.65. The van der Waals surface area contributed by atoms with Crippen molar-refractivity contribution in [3.63, 3.8) is 0 Å². The van der Waals surface area contributed by atoms with Crippen LogP contribution in [0.1, 0.15) is 43.2 Å². The summed E-state index contributed by atoms with van der Waals surface area (Å²) in [5.74, 6) is 0. The molecule has 2 unspecified atom stereocenters. The predicted octanol–water partition coefficient (Wildman–Crippen LogP) is 4.87. The van der Waals surface area contributed by atoms with Crippen LogP contribution >= 0.6 is 0 Å². The predicted molar refractivity (Wildman–Crippen MR) is 115 cm³/mol. The third-order valence-electron chi connectivity index (χ3n) is 6.15. The Labute approximate surface area is 175 Å². The average molecular weight is 412 g/mol. The summed E-state index contributed by atoms with van der Waals surface area (Å²) in [6.45, 7) is 2.35. The first-order chi connectivity index (χ1) is 14.1. The number of cyclic esters (lactones) is 1. The maximum atomic E-state index is 13.7. The number of carbonyl (C=O) groups excluding carboxylic acids is 1. The van der Waals surface area contributed by atoms with Crippen LogP contribution in [0, 0.1) is 6.92 Å². The van der Waals surface area contributed by atoms with E-state index in [0.717, 1.165) is 41.7 Å². The highest BCUT2D eigenvalue weighted by molar-refractivity contribution is 7.85. The van der Waals surface area contributed by atoms with Crippen LogP contribution in [0.3, 0.4) is 0 Å². The van der Waals surface area contributed by atoms with Gasteiger partial charge in [-0.15, -0.1) is 0 Å². The van der Waals surface area contributed by atoms with E-state index in [1.165, 1.54) is 6.42 Å². The molecule has 5 heteroatoms.